The molecule has 0 radical (unpaired) electrons. The smallest absolute Gasteiger partial charge is 0.270 e. The van der Waals surface area contributed by atoms with Crippen molar-refractivity contribution in [3.8, 4) is 0 Å². The number of H-pyrrole nitrogens is 1. The van der Waals surface area contributed by atoms with Crippen LogP contribution in [0.25, 0.3) is 0 Å². The van der Waals surface area contributed by atoms with E-state index in [1.807, 2.05) is 6.92 Å². The van der Waals surface area contributed by atoms with Crippen molar-refractivity contribution in [2.24, 2.45) is 11.7 Å². The van der Waals surface area contributed by atoms with Crippen LogP contribution < -0.4 is 5.73 Å². The van der Waals surface area contributed by atoms with E-state index < -0.39 is 10.0 Å². The lowest BCUT2D eigenvalue weighted by Gasteiger charge is -2.25. The molecule has 2 fully saturated rings. The molecule has 7 nitrogen and oxygen atoms in total. The van der Waals surface area contributed by atoms with E-state index in [1.54, 1.807) is 16.7 Å². The second kappa shape index (κ2) is 7.07. The summed E-state index contributed by atoms with van der Waals surface area (Å²) < 4.78 is 26.8. The Morgan fingerprint density at radius 2 is 2.12 bits per heavy atom. The van der Waals surface area contributed by atoms with Crippen LogP contribution in [-0.4, -0.2) is 72.2 Å². The monoisotopic (exact) mass is 372 g/mol. The van der Waals surface area contributed by atoms with Crippen molar-refractivity contribution in [2.75, 3.05) is 37.7 Å². The predicted molar refractivity (Wildman–Crippen MR) is 94.5 cm³/mol. The molecule has 2 atom stereocenters. The van der Waals surface area contributed by atoms with E-state index in [-0.39, 0.29) is 16.8 Å². The highest BCUT2D eigenvalue weighted by atomic mass is 32.2. The first-order valence-electron chi connectivity index (χ1n) is 8.21. The van der Waals surface area contributed by atoms with Crippen molar-refractivity contribution in [1.29, 1.82) is 0 Å². The van der Waals surface area contributed by atoms with E-state index in [9.17, 15) is 13.2 Å². The number of nitrogens with two attached hydrogens (primary N) is 1. The summed E-state index contributed by atoms with van der Waals surface area (Å²) in [5.74, 6) is 1.77. The quantitative estimate of drug-likeness (QED) is 0.805. The lowest BCUT2D eigenvalue weighted by Crippen LogP contribution is -2.37. The van der Waals surface area contributed by atoms with Gasteiger partial charge in [0.1, 0.15) is 10.6 Å². The van der Waals surface area contributed by atoms with Crippen LogP contribution in [-0.2, 0) is 10.0 Å². The van der Waals surface area contributed by atoms with Crippen LogP contribution in [0.15, 0.2) is 17.2 Å². The Morgan fingerprint density at radius 3 is 2.75 bits per heavy atom. The van der Waals surface area contributed by atoms with Crippen LogP contribution in [0, 0.1) is 5.92 Å². The molecule has 2 unspecified atom stereocenters. The van der Waals surface area contributed by atoms with Crippen molar-refractivity contribution >= 4 is 27.7 Å². The average molecular weight is 373 g/mol. The lowest BCUT2D eigenvalue weighted by atomic mass is 10.1. The average Bonchev–Trinajstić information content (AvgIpc) is 3.22. The lowest BCUT2D eigenvalue weighted by molar-refractivity contribution is 0.0738. The fourth-order valence-corrected chi connectivity index (χ4v) is 5.90. The fraction of sp³-hybridized carbons (Fsp3) is 0.667. The second-order valence-corrected chi connectivity index (χ2v) is 9.57. The van der Waals surface area contributed by atoms with Gasteiger partial charge in [-0.2, -0.15) is 16.1 Å². The van der Waals surface area contributed by atoms with Crippen LogP contribution in [0.4, 0.5) is 0 Å². The second-order valence-electron chi connectivity index (χ2n) is 6.41. The predicted octanol–water partition coefficient (Wildman–Crippen LogP) is 0.562. The minimum Gasteiger partial charge on any atom is -0.356 e. The number of hydrogen-bond acceptors (Lipinski definition) is 5. The number of likely N-dealkylation sites (tertiary alicyclic amines) is 1. The molecule has 0 spiro atoms. The van der Waals surface area contributed by atoms with Gasteiger partial charge in [0.05, 0.1) is 0 Å². The molecule has 2 aliphatic rings. The van der Waals surface area contributed by atoms with Crippen molar-refractivity contribution in [1.82, 2.24) is 14.2 Å². The minimum absolute atomic E-state index is 0.119. The Morgan fingerprint density at radius 1 is 1.42 bits per heavy atom. The number of rotatable bonds is 4. The summed E-state index contributed by atoms with van der Waals surface area (Å²) in [6, 6.07) is 1.58. The van der Waals surface area contributed by atoms with E-state index in [0.29, 0.717) is 37.8 Å². The number of hydrogen-bond donors (Lipinski definition) is 2. The maximum atomic E-state index is 12.7. The third kappa shape index (κ3) is 3.35. The SMILES string of the molecule is CC1CC(CN)CN1C(=O)c1cc(S(=O)(=O)N2CCSCC2)c[nH]1. The Labute approximate surface area is 147 Å². The highest BCUT2D eigenvalue weighted by Gasteiger charge is 2.34. The molecule has 134 valence electrons. The van der Waals surface area contributed by atoms with Crippen molar-refractivity contribution in [2.45, 2.75) is 24.3 Å². The van der Waals surface area contributed by atoms with Crippen molar-refractivity contribution in [3.05, 3.63) is 18.0 Å². The van der Waals surface area contributed by atoms with Gasteiger partial charge in [-0.25, -0.2) is 8.42 Å². The van der Waals surface area contributed by atoms with Gasteiger partial charge >= 0.3 is 0 Å². The van der Waals surface area contributed by atoms with Crippen LogP contribution in [0.3, 0.4) is 0 Å². The summed E-state index contributed by atoms with van der Waals surface area (Å²) >= 11 is 1.75. The van der Waals surface area contributed by atoms with Crippen LogP contribution >= 0.6 is 11.8 Å². The summed E-state index contributed by atoms with van der Waals surface area (Å²) in [5, 5.41) is 0. The summed E-state index contributed by atoms with van der Waals surface area (Å²) in [6.45, 7) is 4.22. The van der Waals surface area contributed by atoms with E-state index in [4.69, 9.17) is 5.73 Å². The first-order chi connectivity index (χ1) is 11.4. The zero-order valence-corrected chi connectivity index (χ0v) is 15.4. The molecule has 3 N–H and O–H groups in total. The molecule has 24 heavy (non-hydrogen) atoms. The normalized spacial score (nSPS) is 26.0. The number of nitrogens with one attached hydrogen (secondary N) is 1. The first-order valence-corrected chi connectivity index (χ1v) is 10.8. The van der Waals surface area contributed by atoms with E-state index in [0.717, 1.165) is 17.9 Å². The number of thioether (sulfide) groups is 1. The third-order valence-electron chi connectivity index (χ3n) is 4.75. The molecule has 9 heteroatoms. The Hall–Kier alpha value is -1.03. The molecule has 0 aromatic carbocycles. The number of aromatic nitrogens is 1. The maximum absolute atomic E-state index is 12.7. The standard InChI is InChI=1S/C15H24N4O3S2/c1-11-6-12(8-16)10-19(11)15(20)14-7-13(9-17-14)24(21,22)18-2-4-23-5-3-18/h7,9,11-12,17H,2-6,8,10,16H2,1H3. The van der Waals surface area contributed by atoms with Gasteiger partial charge in [-0.3, -0.25) is 4.79 Å². The maximum Gasteiger partial charge on any atom is 0.270 e. The van der Waals surface area contributed by atoms with Crippen molar-refractivity contribution < 1.29 is 13.2 Å². The third-order valence-corrected chi connectivity index (χ3v) is 7.57. The molecule has 2 aliphatic heterocycles. The number of aromatic amines is 1. The van der Waals surface area contributed by atoms with Crippen LogP contribution in [0.1, 0.15) is 23.8 Å². The molecule has 3 heterocycles. The molecule has 3 rings (SSSR count). The summed E-state index contributed by atoms with van der Waals surface area (Å²) in [5.41, 5.74) is 6.03. The topological polar surface area (TPSA) is 99.5 Å². The number of carbonyl (C=O) groups is 1. The van der Waals surface area contributed by atoms with Gasteiger partial charge in [0.2, 0.25) is 10.0 Å². The summed E-state index contributed by atoms with van der Waals surface area (Å²) in [7, 11) is -3.53. The van der Waals surface area contributed by atoms with E-state index >= 15 is 0 Å². The van der Waals surface area contributed by atoms with Gasteiger partial charge in [-0.15, -0.1) is 0 Å². The molecule has 1 aromatic heterocycles. The molecule has 0 bridgehead atoms. The Kier molecular flexibility index (Phi) is 5.24. The van der Waals surface area contributed by atoms with Crippen LogP contribution in [0.5, 0.6) is 0 Å². The number of sulfonamides is 1. The number of carbonyl (C=O) groups excluding carboxylic acids is 1. The van der Waals surface area contributed by atoms with Gasteiger partial charge in [-0.1, -0.05) is 0 Å². The van der Waals surface area contributed by atoms with Gasteiger partial charge in [0, 0.05) is 43.4 Å². The first kappa shape index (κ1) is 17.8. The van der Waals surface area contributed by atoms with E-state index in [2.05, 4.69) is 4.98 Å². The largest absolute Gasteiger partial charge is 0.356 e. The summed E-state index contributed by atoms with van der Waals surface area (Å²) in [4.78, 5) is 17.5. The van der Waals surface area contributed by atoms with Gasteiger partial charge in [0.25, 0.3) is 5.91 Å². The molecule has 2 saturated heterocycles. The zero-order valence-electron chi connectivity index (χ0n) is 13.8. The zero-order chi connectivity index (χ0) is 17.3. The van der Waals surface area contributed by atoms with E-state index in [1.165, 1.54) is 16.6 Å². The van der Waals surface area contributed by atoms with Gasteiger partial charge in [-0.05, 0) is 31.9 Å². The van der Waals surface area contributed by atoms with Crippen molar-refractivity contribution in [3.63, 3.8) is 0 Å². The van der Waals surface area contributed by atoms with Crippen LogP contribution in [0.2, 0.25) is 0 Å². The number of nitrogens with zero attached hydrogens (tertiary/aromatic N) is 2. The molecule has 0 aliphatic carbocycles. The number of amides is 1. The molecule has 1 amide bonds. The highest BCUT2D eigenvalue weighted by Crippen LogP contribution is 2.25. The Balaban J connectivity index is 1.76. The van der Waals surface area contributed by atoms with Gasteiger partial charge in [0.15, 0.2) is 0 Å². The van der Waals surface area contributed by atoms with Gasteiger partial charge < -0.3 is 15.6 Å². The molecular formula is C15H24N4O3S2. The Bertz CT molecular complexity index is 697. The summed E-state index contributed by atoms with van der Waals surface area (Å²) in [6.07, 6.45) is 2.31. The fourth-order valence-electron chi connectivity index (χ4n) is 3.33. The molecule has 1 aromatic rings. The molecular weight excluding hydrogens is 348 g/mol. The highest BCUT2D eigenvalue weighted by molar-refractivity contribution is 7.99. The minimum atomic E-state index is -3.53. The molecule has 0 saturated carbocycles.